The van der Waals surface area contributed by atoms with Gasteiger partial charge in [0.05, 0.1) is 0 Å². The first-order valence-electron chi connectivity index (χ1n) is 9.14. The van der Waals surface area contributed by atoms with Crippen molar-refractivity contribution in [2.45, 2.75) is 97.3 Å². The zero-order valence-corrected chi connectivity index (χ0v) is 14.2. The standard InChI is InChI=1S/C19H38O/c1-3-5-6-7-8-9-10-11-12-13-14-15-16-17-18-19-20-4-2/h11-12H,3-10,13-19H2,1-2H3/b12-11-. The van der Waals surface area contributed by atoms with Crippen molar-refractivity contribution in [1.82, 2.24) is 0 Å². The third kappa shape index (κ3) is 17.7. The van der Waals surface area contributed by atoms with E-state index in [1.54, 1.807) is 0 Å². The van der Waals surface area contributed by atoms with Crippen LogP contribution in [0.5, 0.6) is 0 Å². The Hall–Kier alpha value is -0.300. The van der Waals surface area contributed by atoms with Gasteiger partial charge >= 0.3 is 0 Å². The monoisotopic (exact) mass is 282 g/mol. The van der Waals surface area contributed by atoms with Crippen LogP contribution in [0.4, 0.5) is 0 Å². The fourth-order valence-electron chi connectivity index (χ4n) is 2.42. The van der Waals surface area contributed by atoms with E-state index in [0.29, 0.717) is 0 Å². The summed E-state index contributed by atoms with van der Waals surface area (Å²) in [4.78, 5) is 0. The summed E-state index contributed by atoms with van der Waals surface area (Å²) in [6.45, 7) is 6.16. The number of rotatable bonds is 16. The first kappa shape index (κ1) is 19.7. The predicted molar refractivity (Wildman–Crippen MR) is 91.3 cm³/mol. The summed E-state index contributed by atoms with van der Waals surface area (Å²) >= 11 is 0. The number of hydrogen-bond donors (Lipinski definition) is 0. The third-order valence-corrected chi connectivity index (χ3v) is 3.75. The van der Waals surface area contributed by atoms with E-state index >= 15 is 0 Å². The maximum absolute atomic E-state index is 5.34. The molecule has 0 spiro atoms. The highest BCUT2D eigenvalue weighted by atomic mass is 16.5. The van der Waals surface area contributed by atoms with Crippen LogP contribution in [0.15, 0.2) is 12.2 Å². The maximum atomic E-state index is 5.34. The van der Waals surface area contributed by atoms with Crippen molar-refractivity contribution in [3.63, 3.8) is 0 Å². The van der Waals surface area contributed by atoms with E-state index in [1.165, 1.54) is 83.5 Å². The van der Waals surface area contributed by atoms with E-state index in [0.717, 1.165) is 13.2 Å². The minimum atomic E-state index is 0.864. The molecular weight excluding hydrogens is 244 g/mol. The molecule has 0 saturated carbocycles. The third-order valence-electron chi connectivity index (χ3n) is 3.75. The largest absolute Gasteiger partial charge is 0.382 e. The van der Waals surface area contributed by atoms with Crippen molar-refractivity contribution in [3.8, 4) is 0 Å². The van der Waals surface area contributed by atoms with Gasteiger partial charge in [-0.05, 0) is 39.0 Å². The van der Waals surface area contributed by atoms with Crippen LogP contribution >= 0.6 is 0 Å². The average molecular weight is 283 g/mol. The lowest BCUT2D eigenvalue weighted by molar-refractivity contribution is 0.143. The molecule has 1 heteroatoms. The highest BCUT2D eigenvalue weighted by Crippen LogP contribution is 2.09. The summed E-state index contributed by atoms with van der Waals surface area (Å²) in [6, 6.07) is 0. The Morgan fingerprint density at radius 2 is 1.10 bits per heavy atom. The second-order valence-electron chi connectivity index (χ2n) is 5.78. The topological polar surface area (TPSA) is 9.23 Å². The highest BCUT2D eigenvalue weighted by molar-refractivity contribution is 4.81. The Bertz CT molecular complexity index is 186. The van der Waals surface area contributed by atoms with Gasteiger partial charge in [0.25, 0.3) is 0 Å². The van der Waals surface area contributed by atoms with E-state index in [2.05, 4.69) is 26.0 Å². The summed E-state index contributed by atoms with van der Waals surface area (Å²) in [5.41, 5.74) is 0. The molecule has 0 aromatic heterocycles. The molecule has 0 aromatic carbocycles. The zero-order valence-electron chi connectivity index (χ0n) is 14.2. The minimum absolute atomic E-state index is 0.864. The molecule has 0 atom stereocenters. The number of allylic oxidation sites excluding steroid dienone is 2. The van der Waals surface area contributed by atoms with Gasteiger partial charge in [-0.25, -0.2) is 0 Å². The Kier molecular flexibility index (Phi) is 18.4. The first-order valence-corrected chi connectivity index (χ1v) is 9.14. The van der Waals surface area contributed by atoms with Crippen molar-refractivity contribution >= 4 is 0 Å². The lowest BCUT2D eigenvalue weighted by Crippen LogP contribution is -1.92. The van der Waals surface area contributed by atoms with Crippen LogP contribution in [-0.4, -0.2) is 13.2 Å². The van der Waals surface area contributed by atoms with Crippen molar-refractivity contribution in [2.75, 3.05) is 13.2 Å². The van der Waals surface area contributed by atoms with Crippen molar-refractivity contribution in [1.29, 1.82) is 0 Å². The highest BCUT2D eigenvalue weighted by Gasteiger charge is 1.91. The van der Waals surface area contributed by atoms with E-state index in [4.69, 9.17) is 4.74 Å². The van der Waals surface area contributed by atoms with Crippen molar-refractivity contribution in [3.05, 3.63) is 12.2 Å². The van der Waals surface area contributed by atoms with Crippen LogP contribution in [0.25, 0.3) is 0 Å². The molecule has 0 N–H and O–H groups in total. The molecule has 1 nitrogen and oxygen atoms in total. The molecule has 0 saturated heterocycles. The Morgan fingerprint density at radius 1 is 0.600 bits per heavy atom. The van der Waals surface area contributed by atoms with Gasteiger partial charge in [0.15, 0.2) is 0 Å². The normalized spacial score (nSPS) is 11.5. The van der Waals surface area contributed by atoms with E-state index in [-0.39, 0.29) is 0 Å². The van der Waals surface area contributed by atoms with Gasteiger partial charge in [-0.15, -0.1) is 0 Å². The average Bonchev–Trinajstić information content (AvgIpc) is 2.47. The van der Waals surface area contributed by atoms with E-state index in [1.807, 2.05) is 0 Å². The van der Waals surface area contributed by atoms with Gasteiger partial charge in [-0.1, -0.05) is 70.4 Å². The quantitative estimate of drug-likeness (QED) is 0.227. The molecule has 0 amide bonds. The molecule has 120 valence electrons. The van der Waals surface area contributed by atoms with Crippen LogP contribution in [-0.2, 0) is 4.74 Å². The van der Waals surface area contributed by atoms with E-state index in [9.17, 15) is 0 Å². The zero-order chi connectivity index (χ0) is 14.7. The fourth-order valence-corrected chi connectivity index (χ4v) is 2.42. The van der Waals surface area contributed by atoms with Crippen LogP contribution in [0.1, 0.15) is 97.3 Å². The smallest absolute Gasteiger partial charge is 0.0465 e. The summed E-state index contributed by atoms with van der Waals surface area (Å²) < 4.78 is 5.34. The molecule has 0 fully saturated rings. The molecule has 0 aliphatic heterocycles. The Morgan fingerprint density at radius 3 is 1.65 bits per heavy atom. The van der Waals surface area contributed by atoms with Gasteiger partial charge in [0, 0.05) is 13.2 Å². The first-order chi connectivity index (χ1) is 9.91. The van der Waals surface area contributed by atoms with Crippen molar-refractivity contribution in [2.24, 2.45) is 0 Å². The minimum Gasteiger partial charge on any atom is -0.382 e. The number of ether oxygens (including phenoxy) is 1. The maximum Gasteiger partial charge on any atom is 0.0465 e. The molecule has 0 aliphatic rings. The van der Waals surface area contributed by atoms with Gasteiger partial charge in [-0.2, -0.15) is 0 Å². The fraction of sp³-hybridized carbons (Fsp3) is 0.895. The molecule has 0 heterocycles. The summed E-state index contributed by atoms with van der Waals surface area (Å²) in [7, 11) is 0. The van der Waals surface area contributed by atoms with E-state index < -0.39 is 0 Å². The molecule has 0 rings (SSSR count). The van der Waals surface area contributed by atoms with Crippen LogP contribution < -0.4 is 0 Å². The second-order valence-corrected chi connectivity index (χ2v) is 5.78. The number of unbranched alkanes of at least 4 members (excludes halogenated alkanes) is 11. The molecule has 0 bridgehead atoms. The SMILES string of the molecule is CCCCCCCC/C=C\CCCCCCCOCC. The summed E-state index contributed by atoms with van der Waals surface area (Å²) in [5.74, 6) is 0. The van der Waals surface area contributed by atoms with Gasteiger partial charge in [0.1, 0.15) is 0 Å². The number of hydrogen-bond acceptors (Lipinski definition) is 1. The van der Waals surface area contributed by atoms with Crippen LogP contribution in [0, 0.1) is 0 Å². The lowest BCUT2D eigenvalue weighted by Gasteiger charge is -2.01. The summed E-state index contributed by atoms with van der Waals surface area (Å²) in [6.07, 6.45) is 22.5. The molecular formula is C19H38O. The molecule has 0 aromatic rings. The van der Waals surface area contributed by atoms with Crippen LogP contribution in [0.2, 0.25) is 0 Å². The van der Waals surface area contributed by atoms with Crippen molar-refractivity contribution < 1.29 is 4.74 Å². The van der Waals surface area contributed by atoms with Gasteiger partial charge in [0.2, 0.25) is 0 Å². The molecule has 20 heavy (non-hydrogen) atoms. The molecule has 0 unspecified atom stereocenters. The molecule has 0 aliphatic carbocycles. The van der Waals surface area contributed by atoms with Gasteiger partial charge in [-0.3, -0.25) is 0 Å². The Balaban J connectivity index is 3.01. The van der Waals surface area contributed by atoms with Gasteiger partial charge < -0.3 is 4.74 Å². The Labute approximate surface area is 128 Å². The second kappa shape index (κ2) is 18.7. The lowest BCUT2D eigenvalue weighted by atomic mass is 10.1. The predicted octanol–water partition coefficient (Wildman–Crippen LogP) is 6.67. The van der Waals surface area contributed by atoms with Crippen LogP contribution in [0.3, 0.4) is 0 Å². The molecule has 0 radical (unpaired) electrons. The summed E-state index contributed by atoms with van der Waals surface area (Å²) in [5, 5.41) is 0.